The molecule has 0 aliphatic rings. The Morgan fingerprint density at radius 3 is 2.76 bits per heavy atom. The second-order valence-corrected chi connectivity index (χ2v) is 2.93. The molecule has 0 aliphatic heterocycles. The van der Waals surface area contributed by atoms with Gasteiger partial charge in [-0.3, -0.25) is 10.1 Å². The van der Waals surface area contributed by atoms with E-state index in [1.54, 1.807) is 6.07 Å². The maximum Gasteiger partial charge on any atom is 0.304 e. The predicted molar refractivity (Wildman–Crippen MR) is 51.7 cm³/mol. The van der Waals surface area contributed by atoms with E-state index in [0.29, 0.717) is 0 Å². The van der Waals surface area contributed by atoms with E-state index in [9.17, 15) is 18.9 Å². The Balaban J connectivity index is 3.54. The summed E-state index contributed by atoms with van der Waals surface area (Å²) < 4.78 is 29.9. The van der Waals surface area contributed by atoms with Gasteiger partial charge in [0.2, 0.25) is 0 Å². The normalized spacial score (nSPS) is 10.1. The molecule has 1 aromatic heterocycles. The molecule has 17 heavy (non-hydrogen) atoms. The summed E-state index contributed by atoms with van der Waals surface area (Å²) in [6.45, 7) is 0. The molecule has 0 aliphatic carbocycles. The number of methoxy groups -OCH3 is 1. The molecular weight excluding hydrogens is 236 g/mol. The lowest BCUT2D eigenvalue weighted by Crippen LogP contribution is -2.05. The summed E-state index contributed by atoms with van der Waals surface area (Å²) in [5, 5.41) is 19.3. The van der Waals surface area contributed by atoms with E-state index in [2.05, 4.69) is 4.98 Å². The molecule has 6 nitrogen and oxygen atoms in total. The zero-order valence-electron chi connectivity index (χ0n) is 8.68. The quantitative estimate of drug-likeness (QED) is 0.596. The first-order valence-electron chi connectivity index (χ1n) is 4.38. The summed E-state index contributed by atoms with van der Waals surface area (Å²) in [5.41, 5.74) is -2.01. The van der Waals surface area contributed by atoms with Crippen LogP contribution in [0.25, 0.3) is 0 Å². The highest BCUT2D eigenvalue weighted by molar-refractivity contribution is 5.53. The molecule has 0 spiro atoms. The number of alkyl halides is 2. The number of nitriles is 1. The van der Waals surface area contributed by atoms with Crippen molar-refractivity contribution in [2.75, 3.05) is 7.11 Å². The van der Waals surface area contributed by atoms with Crippen LogP contribution < -0.4 is 4.74 Å². The molecule has 0 saturated carbocycles. The van der Waals surface area contributed by atoms with Gasteiger partial charge in [-0.05, 0) is 0 Å². The monoisotopic (exact) mass is 243 g/mol. The minimum atomic E-state index is -3.08. The SMILES string of the molecule is COc1cnc(C(F)F)c([N+](=O)[O-])c1CC#N. The summed E-state index contributed by atoms with van der Waals surface area (Å²) in [4.78, 5) is 13.1. The van der Waals surface area contributed by atoms with Crippen LogP contribution in [0.5, 0.6) is 5.75 Å². The van der Waals surface area contributed by atoms with Crippen LogP contribution >= 0.6 is 0 Å². The standard InChI is InChI=1S/C9H7F2N3O3/c1-17-6-4-13-7(9(10)11)8(14(15)16)5(6)2-3-12/h4,9H,2H2,1H3. The third-order valence-electron chi connectivity index (χ3n) is 2.01. The van der Waals surface area contributed by atoms with E-state index in [1.165, 1.54) is 7.11 Å². The average molecular weight is 243 g/mol. The molecule has 0 radical (unpaired) electrons. The van der Waals surface area contributed by atoms with E-state index in [0.717, 1.165) is 6.20 Å². The highest BCUT2D eigenvalue weighted by atomic mass is 19.3. The number of hydrogen-bond acceptors (Lipinski definition) is 5. The first-order chi connectivity index (χ1) is 8.02. The summed E-state index contributed by atoms with van der Waals surface area (Å²) >= 11 is 0. The molecule has 0 fully saturated rings. The third-order valence-corrected chi connectivity index (χ3v) is 2.01. The minimum absolute atomic E-state index is 0.0531. The van der Waals surface area contributed by atoms with Gasteiger partial charge in [0.05, 0.1) is 36.3 Å². The molecule has 0 saturated heterocycles. The van der Waals surface area contributed by atoms with Gasteiger partial charge in [-0.15, -0.1) is 0 Å². The largest absolute Gasteiger partial charge is 0.495 e. The van der Waals surface area contributed by atoms with Crippen molar-refractivity contribution in [2.45, 2.75) is 12.8 Å². The molecular formula is C9H7F2N3O3. The van der Waals surface area contributed by atoms with Crippen LogP contribution in [0.1, 0.15) is 17.7 Å². The molecule has 1 heterocycles. The van der Waals surface area contributed by atoms with Gasteiger partial charge in [0.15, 0.2) is 5.69 Å². The lowest BCUT2D eigenvalue weighted by molar-refractivity contribution is -0.387. The predicted octanol–water partition coefficient (Wildman–Crippen LogP) is 2.00. The summed E-state index contributed by atoms with van der Waals surface area (Å²) in [5.74, 6) is -0.0531. The van der Waals surface area contributed by atoms with Crippen molar-refractivity contribution >= 4 is 5.69 Å². The molecule has 0 unspecified atom stereocenters. The maximum atomic E-state index is 12.6. The van der Waals surface area contributed by atoms with Gasteiger partial charge in [0.25, 0.3) is 6.43 Å². The topological polar surface area (TPSA) is 89.1 Å². The van der Waals surface area contributed by atoms with E-state index >= 15 is 0 Å². The fourth-order valence-electron chi connectivity index (χ4n) is 1.33. The second kappa shape index (κ2) is 5.16. The van der Waals surface area contributed by atoms with E-state index in [4.69, 9.17) is 10.00 Å². The number of pyridine rings is 1. The Hall–Kier alpha value is -2.30. The van der Waals surface area contributed by atoms with Gasteiger partial charge in [-0.25, -0.2) is 13.8 Å². The van der Waals surface area contributed by atoms with Gasteiger partial charge in [-0.2, -0.15) is 5.26 Å². The second-order valence-electron chi connectivity index (χ2n) is 2.93. The van der Waals surface area contributed by atoms with Crippen LogP contribution in [0, 0.1) is 21.4 Å². The molecule has 90 valence electrons. The highest BCUT2D eigenvalue weighted by Crippen LogP contribution is 2.35. The smallest absolute Gasteiger partial charge is 0.304 e. The summed E-state index contributed by atoms with van der Waals surface area (Å²) in [7, 11) is 1.21. The maximum absolute atomic E-state index is 12.6. The number of halogens is 2. The molecule has 1 aromatic rings. The van der Waals surface area contributed by atoms with Gasteiger partial charge < -0.3 is 4.74 Å². The number of hydrogen-bond donors (Lipinski definition) is 0. The number of ether oxygens (including phenoxy) is 1. The van der Waals surface area contributed by atoms with Crippen LogP contribution in [0.4, 0.5) is 14.5 Å². The van der Waals surface area contributed by atoms with Gasteiger partial charge in [0.1, 0.15) is 5.75 Å². The third kappa shape index (κ3) is 2.44. The van der Waals surface area contributed by atoms with Crippen LogP contribution in [0.3, 0.4) is 0 Å². The average Bonchev–Trinajstić information content (AvgIpc) is 2.28. The van der Waals surface area contributed by atoms with Crippen molar-refractivity contribution in [3.63, 3.8) is 0 Å². The molecule has 0 aromatic carbocycles. The fourth-order valence-corrected chi connectivity index (χ4v) is 1.33. The van der Waals surface area contributed by atoms with E-state index in [1.807, 2.05) is 0 Å². The van der Waals surface area contributed by atoms with Crippen molar-refractivity contribution in [2.24, 2.45) is 0 Å². The molecule has 8 heteroatoms. The lowest BCUT2D eigenvalue weighted by Gasteiger charge is -2.08. The Kier molecular flexibility index (Phi) is 3.87. The van der Waals surface area contributed by atoms with Crippen molar-refractivity contribution < 1.29 is 18.4 Å². The summed E-state index contributed by atoms with van der Waals surface area (Å²) in [6, 6.07) is 1.66. The van der Waals surface area contributed by atoms with E-state index < -0.39 is 29.2 Å². The Bertz CT molecular complexity index is 485. The molecule has 0 amide bonds. The number of aromatic nitrogens is 1. The number of rotatable bonds is 4. The van der Waals surface area contributed by atoms with Gasteiger partial charge >= 0.3 is 5.69 Å². The molecule has 0 atom stereocenters. The summed E-state index contributed by atoms with van der Waals surface area (Å²) in [6.07, 6.45) is -2.54. The Morgan fingerprint density at radius 1 is 1.71 bits per heavy atom. The van der Waals surface area contributed by atoms with Crippen LogP contribution in [0.15, 0.2) is 6.20 Å². The Morgan fingerprint density at radius 2 is 2.35 bits per heavy atom. The van der Waals surface area contributed by atoms with Crippen molar-refractivity contribution in [1.82, 2.24) is 4.98 Å². The zero-order valence-corrected chi connectivity index (χ0v) is 8.68. The zero-order chi connectivity index (χ0) is 13.0. The highest BCUT2D eigenvalue weighted by Gasteiger charge is 2.30. The van der Waals surface area contributed by atoms with Crippen LogP contribution in [-0.2, 0) is 6.42 Å². The number of nitrogens with zero attached hydrogens (tertiary/aromatic N) is 3. The van der Waals surface area contributed by atoms with Crippen LogP contribution in [0.2, 0.25) is 0 Å². The molecule has 0 N–H and O–H groups in total. The van der Waals surface area contributed by atoms with Crippen molar-refractivity contribution in [3.05, 3.63) is 27.6 Å². The number of nitro groups is 1. The van der Waals surface area contributed by atoms with E-state index in [-0.39, 0.29) is 11.3 Å². The van der Waals surface area contributed by atoms with Gasteiger partial charge in [-0.1, -0.05) is 0 Å². The molecule has 0 bridgehead atoms. The first kappa shape index (κ1) is 12.8. The lowest BCUT2D eigenvalue weighted by atomic mass is 10.1. The van der Waals surface area contributed by atoms with Crippen molar-refractivity contribution in [3.8, 4) is 11.8 Å². The van der Waals surface area contributed by atoms with Crippen molar-refractivity contribution in [1.29, 1.82) is 5.26 Å². The first-order valence-corrected chi connectivity index (χ1v) is 4.38. The Labute approximate surface area is 94.6 Å². The molecule has 1 rings (SSSR count). The fraction of sp³-hybridized carbons (Fsp3) is 0.333. The van der Waals surface area contributed by atoms with Gasteiger partial charge in [0, 0.05) is 0 Å². The van der Waals surface area contributed by atoms with Crippen LogP contribution in [-0.4, -0.2) is 17.0 Å². The minimum Gasteiger partial charge on any atom is -0.495 e.